The van der Waals surface area contributed by atoms with Gasteiger partial charge in [-0.3, -0.25) is 9.20 Å². The van der Waals surface area contributed by atoms with Crippen molar-refractivity contribution in [3.63, 3.8) is 0 Å². The van der Waals surface area contributed by atoms with E-state index in [1.54, 1.807) is 6.07 Å². The zero-order valence-electron chi connectivity index (χ0n) is 17.4. The van der Waals surface area contributed by atoms with Gasteiger partial charge >= 0.3 is 6.18 Å². The summed E-state index contributed by atoms with van der Waals surface area (Å²) in [6, 6.07) is 14.7. The fourth-order valence-electron chi connectivity index (χ4n) is 3.38. The molecule has 4 rings (SSSR count). The topological polar surface area (TPSA) is 95.4 Å². The summed E-state index contributed by atoms with van der Waals surface area (Å²) in [6.07, 6.45) is -2.29. The van der Waals surface area contributed by atoms with Gasteiger partial charge in [0.15, 0.2) is 11.4 Å². The summed E-state index contributed by atoms with van der Waals surface area (Å²) in [7, 11) is 0. The molecule has 3 aromatic heterocycles. The SMILES string of the molecule is Nc1ccc(C(=O)C[C@H](COCc2ccccc2)c2nnc3ccc(C(F)(F)F)cn23)cn1. The molecule has 1 aromatic carbocycles. The molecule has 0 spiro atoms. The van der Waals surface area contributed by atoms with E-state index in [4.69, 9.17) is 10.5 Å². The third kappa shape index (κ3) is 5.35. The maximum Gasteiger partial charge on any atom is 0.417 e. The van der Waals surface area contributed by atoms with E-state index in [1.165, 1.54) is 22.7 Å². The van der Waals surface area contributed by atoms with Crippen molar-refractivity contribution in [2.24, 2.45) is 0 Å². The Bertz CT molecular complexity index is 1240. The Hall–Kier alpha value is -3.79. The summed E-state index contributed by atoms with van der Waals surface area (Å²) in [5.41, 5.74) is 6.25. The zero-order chi connectivity index (χ0) is 23.4. The highest BCUT2D eigenvalue weighted by Gasteiger charge is 2.32. The summed E-state index contributed by atoms with van der Waals surface area (Å²) in [4.78, 5) is 16.8. The highest BCUT2D eigenvalue weighted by Crippen LogP contribution is 2.30. The number of ether oxygens (including phenoxy) is 1. The molecular weight excluding hydrogens is 435 g/mol. The second-order valence-electron chi connectivity index (χ2n) is 7.50. The predicted molar refractivity (Wildman–Crippen MR) is 114 cm³/mol. The molecule has 7 nitrogen and oxygen atoms in total. The van der Waals surface area contributed by atoms with Crippen LogP contribution in [-0.4, -0.2) is 32.0 Å². The van der Waals surface area contributed by atoms with Gasteiger partial charge < -0.3 is 10.5 Å². The first-order valence-electron chi connectivity index (χ1n) is 10.1. The highest BCUT2D eigenvalue weighted by atomic mass is 19.4. The standard InChI is InChI=1S/C23H20F3N5O2/c24-23(25,26)18-7-9-21-29-30-22(31(21)12-18)17(14-33-13-15-4-2-1-3-5-15)10-19(32)16-6-8-20(27)28-11-16/h1-9,11-12,17H,10,13-14H2,(H2,27,28)/t17-/m1/s1. The van der Waals surface area contributed by atoms with Crippen molar-refractivity contribution in [1.29, 1.82) is 0 Å². The molecule has 0 saturated heterocycles. The van der Waals surface area contributed by atoms with Crippen LogP contribution in [0.5, 0.6) is 0 Å². The number of nitrogen functional groups attached to an aromatic ring is 1. The van der Waals surface area contributed by atoms with Crippen LogP contribution in [0.4, 0.5) is 19.0 Å². The summed E-state index contributed by atoms with van der Waals surface area (Å²) in [5.74, 6) is -0.421. The largest absolute Gasteiger partial charge is 0.417 e. The lowest BCUT2D eigenvalue weighted by Crippen LogP contribution is -2.17. The first-order chi connectivity index (χ1) is 15.8. The van der Waals surface area contributed by atoms with Crippen molar-refractivity contribution < 1.29 is 22.7 Å². The molecule has 0 radical (unpaired) electrons. The second-order valence-corrected chi connectivity index (χ2v) is 7.50. The van der Waals surface area contributed by atoms with Crippen molar-refractivity contribution >= 4 is 17.2 Å². The minimum absolute atomic E-state index is 0.0556. The fraction of sp³-hybridized carbons (Fsp3) is 0.217. The van der Waals surface area contributed by atoms with Crippen LogP contribution < -0.4 is 5.73 Å². The van der Waals surface area contributed by atoms with Crippen LogP contribution in [0.2, 0.25) is 0 Å². The van der Waals surface area contributed by atoms with Crippen LogP contribution in [0.3, 0.4) is 0 Å². The smallest absolute Gasteiger partial charge is 0.384 e. The average molecular weight is 455 g/mol. The summed E-state index contributed by atoms with van der Waals surface area (Å²) >= 11 is 0. The van der Waals surface area contributed by atoms with Crippen molar-refractivity contribution in [3.05, 3.63) is 89.5 Å². The minimum Gasteiger partial charge on any atom is -0.384 e. The number of anilines is 1. The van der Waals surface area contributed by atoms with E-state index in [2.05, 4.69) is 15.2 Å². The van der Waals surface area contributed by atoms with Gasteiger partial charge in [0.1, 0.15) is 11.6 Å². The van der Waals surface area contributed by atoms with Gasteiger partial charge in [-0.2, -0.15) is 13.2 Å². The monoisotopic (exact) mass is 455 g/mol. The van der Waals surface area contributed by atoms with Gasteiger partial charge in [0, 0.05) is 24.4 Å². The molecule has 2 N–H and O–H groups in total. The number of pyridine rings is 2. The van der Waals surface area contributed by atoms with Crippen LogP contribution in [0.25, 0.3) is 5.65 Å². The molecule has 0 aliphatic heterocycles. The number of rotatable bonds is 8. The number of Topliss-reactive ketones (excluding diaryl/α,β-unsaturated/α-hetero) is 1. The number of aromatic nitrogens is 4. The third-order valence-corrected chi connectivity index (χ3v) is 5.09. The maximum atomic E-state index is 13.3. The Morgan fingerprint density at radius 3 is 2.55 bits per heavy atom. The molecule has 0 fully saturated rings. The van der Waals surface area contributed by atoms with Gasteiger partial charge in [-0.25, -0.2) is 4.98 Å². The molecular formula is C23H20F3N5O2. The Kier molecular flexibility index (Phi) is 6.36. The van der Waals surface area contributed by atoms with Gasteiger partial charge in [-0.05, 0) is 29.8 Å². The molecule has 0 saturated carbocycles. The second kappa shape index (κ2) is 9.37. The number of fused-ring (bicyclic) bond motifs is 1. The molecule has 0 unspecified atom stereocenters. The van der Waals surface area contributed by atoms with Crippen LogP contribution in [-0.2, 0) is 17.5 Å². The van der Waals surface area contributed by atoms with E-state index in [0.29, 0.717) is 5.56 Å². The van der Waals surface area contributed by atoms with Gasteiger partial charge in [-0.15, -0.1) is 10.2 Å². The quantitative estimate of drug-likeness (QED) is 0.398. The molecule has 10 heteroatoms. The average Bonchev–Trinajstić information content (AvgIpc) is 3.22. The summed E-state index contributed by atoms with van der Waals surface area (Å²) in [5, 5.41) is 8.05. The molecule has 33 heavy (non-hydrogen) atoms. The lowest BCUT2D eigenvalue weighted by molar-refractivity contribution is -0.137. The molecule has 1 atom stereocenters. The number of ketones is 1. The number of benzene rings is 1. The van der Waals surface area contributed by atoms with E-state index in [9.17, 15) is 18.0 Å². The van der Waals surface area contributed by atoms with E-state index < -0.39 is 17.7 Å². The summed E-state index contributed by atoms with van der Waals surface area (Å²) < 4.78 is 46.9. The number of hydrogen-bond acceptors (Lipinski definition) is 6. The van der Waals surface area contributed by atoms with Crippen LogP contribution in [0, 0.1) is 0 Å². The van der Waals surface area contributed by atoms with Gasteiger partial charge in [0.25, 0.3) is 0 Å². The van der Waals surface area contributed by atoms with Crippen molar-refractivity contribution in [1.82, 2.24) is 19.6 Å². The van der Waals surface area contributed by atoms with Gasteiger partial charge in [-0.1, -0.05) is 30.3 Å². The number of halogens is 3. The van der Waals surface area contributed by atoms with E-state index >= 15 is 0 Å². The lowest BCUT2D eigenvalue weighted by atomic mass is 9.98. The number of hydrogen-bond donors (Lipinski definition) is 1. The molecule has 3 heterocycles. The molecule has 4 aromatic rings. The number of carbonyl (C=O) groups excluding carboxylic acids is 1. The lowest BCUT2D eigenvalue weighted by Gasteiger charge is -2.16. The molecule has 0 aliphatic carbocycles. The Balaban J connectivity index is 1.62. The number of carbonyl (C=O) groups is 1. The number of nitrogens with zero attached hydrogens (tertiary/aromatic N) is 4. The molecule has 170 valence electrons. The van der Waals surface area contributed by atoms with Crippen LogP contribution in [0.1, 0.15) is 39.6 Å². The molecule has 0 aliphatic rings. The van der Waals surface area contributed by atoms with E-state index in [1.807, 2.05) is 30.3 Å². The Morgan fingerprint density at radius 2 is 1.85 bits per heavy atom. The van der Waals surface area contributed by atoms with Crippen LogP contribution >= 0.6 is 0 Å². The van der Waals surface area contributed by atoms with Gasteiger partial charge in [0.2, 0.25) is 0 Å². The summed E-state index contributed by atoms with van der Waals surface area (Å²) in [6.45, 7) is 0.333. The minimum atomic E-state index is -4.53. The Labute approximate surface area is 187 Å². The molecule has 0 amide bonds. The number of nitrogens with two attached hydrogens (primary N) is 1. The van der Waals surface area contributed by atoms with Crippen LogP contribution in [0.15, 0.2) is 67.0 Å². The fourth-order valence-corrected chi connectivity index (χ4v) is 3.38. The third-order valence-electron chi connectivity index (χ3n) is 5.09. The predicted octanol–water partition coefficient (Wildman–Crippen LogP) is 4.30. The number of alkyl halides is 3. The van der Waals surface area contributed by atoms with Crippen molar-refractivity contribution in [3.8, 4) is 0 Å². The first kappa shape index (κ1) is 22.4. The normalized spacial score (nSPS) is 12.7. The van der Waals surface area contributed by atoms with Crippen molar-refractivity contribution in [2.75, 3.05) is 12.3 Å². The highest BCUT2D eigenvalue weighted by molar-refractivity contribution is 5.96. The molecule has 0 bridgehead atoms. The van der Waals surface area contributed by atoms with E-state index in [0.717, 1.165) is 17.8 Å². The Morgan fingerprint density at radius 1 is 1.06 bits per heavy atom. The van der Waals surface area contributed by atoms with E-state index in [-0.39, 0.29) is 42.7 Å². The van der Waals surface area contributed by atoms with Crippen molar-refractivity contribution in [2.45, 2.75) is 25.1 Å². The van der Waals surface area contributed by atoms with Gasteiger partial charge in [0.05, 0.1) is 24.7 Å². The first-order valence-corrected chi connectivity index (χ1v) is 10.1. The maximum absolute atomic E-state index is 13.3. The zero-order valence-corrected chi connectivity index (χ0v) is 17.4.